The molecule has 5 heteroatoms. The molecular formula is C22H30ClNO3. The molecular weight excluding hydrogens is 362 g/mol. The second-order valence-corrected chi connectivity index (χ2v) is 6.77. The van der Waals surface area contributed by atoms with Gasteiger partial charge in [0.1, 0.15) is 6.61 Å². The van der Waals surface area contributed by atoms with Gasteiger partial charge in [-0.3, -0.25) is 0 Å². The number of benzene rings is 2. The van der Waals surface area contributed by atoms with Crippen molar-refractivity contribution in [2.45, 2.75) is 39.3 Å². The van der Waals surface area contributed by atoms with E-state index in [0.29, 0.717) is 17.4 Å². The summed E-state index contributed by atoms with van der Waals surface area (Å²) in [5.41, 5.74) is 2.11. The van der Waals surface area contributed by atoms with Crippen LogP contribution in [0.5, 0.6) is 11.5 Å². The molecule has 0 aliphatic rings. The van der Waals surface area contributed by atoms with E-state index < -0.39 is 0 Å². The molecule has 0 spiro atoms. The van der Waals surface area contributed by atoms with Gasteiger partial charge in [0, 0.05) is 30.3 Å². The molecule has 1 N–H and O–H groups in total. The molecule has 0 radical (unpaired) electrons. The number of methoxy groups -OCH3 is 1. The van der Waals surface area contributed by atoms with E-state index in [9.17, 15) is 0 Å². The molecule has 0 saturated heterocycles. The maximum atomic E-state index is 6.18. The summed E-state index contributed by atoms with van der Waals surface area (Å²) in [6, 6.07) is 13.7. The van der Waals surface area contributed by atoms with E-state index in [2.05, 4.69) is 18.3 Å². The lowest BCUT2D eigenvalue weighted by Gasteiger charge is -2.13. The predicted molar refractivity (Wildman–Crippen MR) is 111 cm³/mol. The number of unbranched alkanes of at least 4 members (excludes halogenated alkanes) is 1. The van der Waals surface area contributed by atoms with Gasteiger partial charge in [-0.25, -0.2) is 0 Å². The summed E-state index contributed by atoms with van der Waals surface area (Å²) in [7, 11) is 1.66. The van der Waals surface area contributed by atoms with E-state index in [1.54, 1.807) is 7.11 Å². The van der Waals surface area contributed by atoms with Crippen molar-refractivity contribution in [1.82, 2.24) is 5.32 Å². The fourth-order valence-electron chi connectivity index (χ4n) is 2.59. The molecule has 27 heavy (non-hydrogen) atoms. The molecule has 0 heterocycles. The second kappa shape index (κ2) is 12.6. The van der Waals surface area contributed by atoms with Crippen molar-refractivity contribution in [3.8, 4) is 11.5 Å². The van der Waals surface area contributed by atoms with Crippen molar-refractivity contribution in [2.24, 2.45) is 0 Å². The molecule has 2 aromatic carbocycles. The molecule has 0 atom stereocenters. The van der Waals surface area contributed by atoms with Crippen LogP contribution in [-0.4, -0.2) is 26.9 Å². The Balaban J connectivity index is 1.77. The minimum Gasteiger partial charge on any atom is -0.493 e. The fourth-order valence-corrected chi connectivity index (χ4v) is 2.78. The third-order valence-electron chi connectivity index (χ3n) is 4.18. The Hall–Kier alpha value is -1.75. The summed E-state index contributed by atoms with van der Waals surface area (Å²) in [5, 5.41) is 4.14. The van der Waals surface area contributed by atoms with Gasteiger partial charge in [0.15, 0.2) is 11.5 Å². The van der Waals surface area contributed by atoms with E-state index in [1.165, 1.54) is 6.42 Å². The third-order valence-corrected chi connectivity index (χ3v) is 4.55. The van der Waals surface area contributed by atoms with Crippen LogP contribution in [0.3, 0.4) is 0 Å². The maximum Gasteiger partial charge on any atom is 0.161 e. The Labute approximate surface area is 167 Å². The van der Waals surface area contributed by atoms with Gasteiger partial charge >= 0.3 is 0 Å². The van der Waals surface area contributed by atoms with Gasteiger partial charge in [-0.2, -0.15) is 0 Å². The van der Waals surface area contributed by atoms with Gasteiger partial charge in [-0.1, -0.05) is 49.2 Å². The van der Waals surface area contributed by atoms with Crippen LogP contribution in [0.15, 0.2) is 42.5 Å². The predicted octanol–water partition coefficient (Wildman–Crippen LogP) is 5.22. The first kappa shape index (κ1) is 21.5. The lowest BCUT2D eigenvalue weighted by atomic mass is 10.2. The molecule has 0 saturated carbocycles. The van der Waals surface area contributed by atoms with Crippen molar-refractivity contribution in [2.75, 3.05) is 26.9 Å². The molecule has 4 nitrogen and oxygen atoms in total. The average Bonchev–Trinajstić information content (AvgIpc) is 2.69. The zero-order chi connectivity index (χ0) is 19.3. The Bertz CT molecular complexity index is 678. The number of ether oxygens (including phenoxy) is 3. The van der Waals surface area contributed by atoms with Gasteiger partial charge in [0.2, 0.25) is 0 Å². The smallest absolute Gasteiger partial charge is 0.161 e. The van der Waals surface area contributed by atoms with Crippen molar-refractivity contribution >= 4 is 11.6 Å². The normalized spacial score (nSPS) is 10.8. The van der Waals surface area contributed by atoms with Crippen molar-refractivity contribution in [3.63, 3.8) is 0 Å². The molecule has 2 rings (SSSR count). The van der Waals surface area contributed by atoms with Crippen LogP contribution in [0.25, 0.3) is 0 Å². The van der Waals surface area contributed by atoms with Gasteiger partial charge in [-0.05, 0) is 43.1 Å². The van der Waals surface area contributed by atoms with Crippen LogP contribution in [0.2, 0.25) is 5.02 Å². The Morgan fingerprint density at radius 1 is 1.00 bits per heavy atom. The molecule has 0 aliphatic carbocycles. The van der Waals surface area contributed by atoms with Gasteiger partial charge < -0.3 is 19.5 Å². The number of nitrogens with one attached hydrogen (secondary N) is 1. The van der Waals surface area contributed by atoms with Crippen LogP contribution in [0.1, 0.15) is 37.3 Å². The minimum atomic E-state index is 0.408. The van der Waals surface area contributed by atoms with Crippen molar-refractivity contribution in [3.05, 3.63) is 58.6 Å². The maximum absolute atomic E-state index is 6.18. The number of rotatable bonds is 13. The van der Waals surface area contributed by atoms with Crippen LogP contribution >= 0.6 is 11.6 Å². The Morgan fingerprint density at radius 2 is 1.81 bits per heavy atom. The van der Waals surface area contributed by atoms with Crippen LogP contribution in [0, 0.1) is 0 Å². The molecule has 0 unspecified atom stereocenters. The summed E-state index contributed by atoms with van der Waals surface area (Å²) in [6.45, 7) is 5.97. The Kier molecular flexibility index (Phi) is 10.1. The first-order chi connectivity index (χ1) is 13.2. The van der Waals surface area contributed by atoms with E-state index in [0.717, 1.165) is 56.0 Å². The molecule has 0 bridgehead atoms. The van der Waals surface area contributed by atoms with E-state index in [4.69, 9.17) is 25.8 Å². The number of hydrogen-bond acceptors (Lipinski definition) is 4. The van der Waals surface area contributed by atoms with Crippen LogP contribution < -0.4 is 14.8 Å². The van der Waals surface area contributed by atoms with Crippen LogP contribution in [-0.2, 0) is 17.9 Å². The van der Waals surface area contributed by atoms with E-state index >= 15 is 0 Å². The first-order valence-corrected chi connectivity index (χ1v) is 9.94. The molecule has 2 aromatic rings. The number of halogens is 1. The minimum absolute atomic E-state index is 0.408. The standard InChI is InChI=1S/C22H30ClNO3/c1-3-4-13-26-14-7-12-24-16-18-10-11-21(22(15-18)25-2)27-17-19-8-5-6-9-20(19)23/h5-6,8-11,15,24H,3-4,7,12-14,16-17H2,1-2H3. The van der Waals surface area contributed by atoms with Crippen molar-refractivity contribution in [1.29, 1.82) is 0 Å². The summed E-state index contributed by atoms with van der Waals surface area (Å²) < 4.78 is 16.9. The lowest BCUT2D eigenvalue weighted by molar-refractivity contribution is 0.129. The van der Waals surface area contributed by atoms with E-state index in [-0.39, 0.29) is 0 Å². The van der Waals surface area contributed by atoms with Crippen LogP contribution in [0.4, 0.5) is 0 Å². The largest absolute Gasteiger partial charge is 0.493 e. The zero-order valence-electron chi connectivity index (χ0n) is 16.3. The fraction of sp³-hybridized carbons (Fsp3) is 0.455. The van der Waals surface area contributed by atoms with E-state index in [1.807, 2.05) is 36.4 Å². The SMILES string of the molecule is CCCCOCCCNCc1ccc(OCc2ccccc2Cl)c(OC)c1. The van der Waals surface area contributed by atoms with Gasteiger partial charge in [0.05, 0.1) is 7.11 Å². The molecule has 0 aromatic heterocycles. The third kappa shape index (κ3) is 7.79. The molecule has 148 valence electrons. The molecule has 0 aliphatic heterocycles. The quantitative estimate of drug-likeness (QED) is 0.475. The molecule has 0 fully saturated rings. The zero-order valence-corrected chi connectivity index (χ0v) is 17.1. The topological polar surface area (TPSA) is 39.7 Å². The lowest BCUT2D eigenvalue weighted by Crippen LogP contribution is -2.16. The average molecular weight is 392 g/mol. The van der Waals surface area contributed by atoms with Gasteiger partial charge in [-0.15, -0.1) is 0 Å². The van der Waals surface area contributed by atoms with Crippen molar-refractivity contribution < 1.29 is 14.2 Å². The summed E-state index contributed by atoms with van der Waals surface area (Å²) >= 11 is 6.18. The first-order valence-electron chi connectivity index (χ1n) is 9.56. The highest BCUT2D eigenvalue weighted by Gasteiger charge is 2.07. The highest BCUT2D eigenvalue weighted by Crippen LogP contribution is 2.29. The summed E-state index contributed by atoms with van der Waals surface area (Å²) in [4.78, 5) is 0. The summed E-state index contributed by atoms with van der Waals surface area (Å²) in [6.07, 6.45) is 3.33. The monoisotopic (exact) mass is 391 g/mol. The molecule has 0 amide bonds. The van der Waals surface area contributed by atoms with Gasteiger partial charge in [0.25, 0.3) is 0 Å². The summed E-state index contributed by atoms with van der Waals surface area (Å²) in [5.74, 6) is 1.44. The highest BCUT2D eigenvalue weighted by atomic mass is 35.5. The second-order valence-electron chi connectivity index (χ2n) is 6.36. The number of hydrogen-bond donors (Lipinski definition) is 1. The Morgan fingerprint density at radius 3 is 2.59 bits per heavy atom. The highest BCUT2D eigenvalue weighted by molar-refractivity contribution is 6.31.